The first kappa shape index (κ1) is 19.1. The van der Waals surface area contributed by atoms with Gasteiger partial charge in [-0.15, -0.1) is 0 Å². The quantitative estimate of drug-likeness (QED) is 0.484. The molecule has 2 N–H and O–H groups in total. The van der Waals surface area contributed by atoms with Gasteiger partial charge in [0.05, 0.1) is 12.8 Å². The number of amides is 1. The highest BCUT2D eigenvalue weighted by Gasteiger charge is 2.19. The molecule has 1 aliphatic heterocycles. The molecule has 158 valence electrons. The molecule has 1 amide bonds. The number of benzene rings is 3. The van der Waals surface area contributed by atoms with E-state index in [2.05, 4.69) is 10.6 Å². The number of methoxy groups -OCH3 is 1. The van der Waals surface area contributed by atoms with Gasteiger partial charge in [-0.05, 0) is 31.2 Å². The van der Waals surface area contributed by atoms with E-state index >= 15 is 0 Å². The summed E-state index contributed by atoms with van der Waals surface area (Å²) in [7, 11) is 1.58. The van der Waals surface area contributed by atoms with Crippen molar-refractivity contribution in [1.82, 2.24) is 0 Å². The minimum Gasteiger partial charge on any atom is -0.495 e. The maximum atomic E-state index is 12.9. The average molecular weight is 418 g/mol. The lowest BCUT2D eigenvalue weighted by molar-refractivity contribution is -0.116. The summed E-state index contributed by atoms with van der Waals surface area (Å²) >= 11 is 0. The molecule has 1 aromatic heterocycles. The summed E-state index contributed by atoms with van der Waals surface area (Å²) in [5.74, 6) is 1.74. The molecule has 31 heavy (non-hydrogen) atoms. The fourth-order valence-electron chi connectivity index (χ4n) is 3.71. The van der Waals surface area contributed by atoms with Crippen LogP contribution in [-0.2, 0) is 4.79 Å². The van der Waals surface area contributed by atoms with E-state index in [1.54, 1.807) is 20.1 Å². The van der Waals surface area contributed by atoms with Gasteiger partial charge >= 0.3 is 0 Å². The maximum Gasteiger partial charge on any atom is 0.246 e. The summed E-state index contributed by atoms with van der Waals surface area (Å²) in [6.07, 6.45) is 0. The Morgan fingerprint density at radius 2 is 1.77 bits per heavy atom. The van der Waals surface area contributed by atoms with Crippen LogP contribution in [0.2, 0.25) is 0 Å². The fourth-order valence-corrected chi connectivity index (χ4v) is 3.71. The molecule has 0 radical (unpaired) electrons. The normalized spacial score (nSPS) is 13.7. The Morgan fingerprint density at radius 1 is 0.968 bits per heavy atom. The van der Waals surface area contributed by atoms with Crippen LogP contribution in [0.15, 0.2) is 59.0 Å². The molecule has 0 bridgehead atoms. The Balaban J connectivity index is 1.37. The van der Waals surface area contributed by atoms with Gasteiger partial charge in [0.1, 0.15) is 36.2 Å². The van der Waals surface area contributed by atoms with Crippen LogP contribution in [0, 0.1) is 0 Å². The lowest BCUT2D eigenvalue weighted by Gasteiger charge is -2.21. The lowest BCUT2D eigenvalue weighted by atomic mass is 10.1. The van der Waals surface area contributed by atoms with Gasteiger partial charge in [-0.2, -0.15) is 0 Å². The molecule has 0 fully saturated rings. The molecule has 0 saturated heterocycles. The van der Waals surface area contributed by atoms with Crippen molar-refractivity contribution < 1.29 is 23.4 Å². The van der Waals surface area contributed by atoms with Crippen LogP contribution in [0.3, 0.4) is 0 Å². The SMILES string of the molecule is COc1cc2c(cc1NC(=O)[C@@H](C)Nc1ccc3c(c1)OCCO3)oc1ccccc12. The third-order valence-electron chi connectivity index (χ3n) is 5.28. The molecule has 1 atom stereocenters. The summed E-state index contributed by atoms with van der Waals surface area (Å²) in [5, 5.41) is 8.07. The summed E-state index contributed by atoms with van der Waals surface area (Å²) in [5.41, 5.74) is 2.79. The van der Waals surface area contributed by atoms with Crippen molar-refractivity contribution in [3.8, 4) is 17.2 Å². The van der Waals surface area contributed by atoms with E-state index in [0.717, 1.165) is 22.0 Å². The van der Waals surface area contributed by atoms with E-state index in [-0.39, 0.29) is 5.91 Å². The first-order valence-corrected chi connectivity index (χ1v) is 10.1. The highest BCUT2D eigenvalue weighted by molar-refractivity contribution is 6.08. The topological polar surface area (TPSA) is 82.0 Å². The van der Waals surface area contributed by atoms with E-state index in [1.807, 2.05) is 48.5 Å². The second kappa shape index (κ2) is 7.75. The van der Waals surface area contributed by atoms with Crippen LogP contribution in [0.25, 0.3) is 21.9 Å². The van der Waals surface area contributed by atoms with E-state index in [9.17, 15) is 4.79 Å². The Kier molecular flexibility index (Phi) is 4.78. The monoisotopic (exact) mass is 418 g/mol. The maximum absolute atomic E-state index is 12.9. The van der Waals surface area contributed by atoms with Crippen molar-refractivity contribution in [3.63, 3.8) is 0 Å². The van der Waals surface area contributed by atoms with Gasteiger partial charge in [-0.3, -0.25) is 4.79 Å². The van der Waals surface area contributed by atoms with Crippen LogP contribution in [0.5, 0.6) is 17.2 Å². The summed E-state index contributed by atoms with van der Waals surface area (Å²) in [4.78, 5) is 12.9. The zero-order valence-corrected chi connectivity index (χ0v) is 17.2. The Labute approximate surface area is 178 Å². The van der Waals surface area contributed by atoms with Gasteiger partial charge in [0.2, 0.25) is 5.91 Å². The minimum absolute atomic E-state index is 0.205. The molecule has 3 aromatic carbocycles. The van der Waals surface area contributed by atoms with Crippen LogP contribution >= 0.6 is 0 Å². The standard InChI is InChI=1S/C24H22N2O5/c1-14(25-15-7-8-20-23(11-15)30-10-9-29-20)24(27)26-18-13-21-17(12-22(18)28-2)16-5-3-4-6-19(16)31-21/h3-8,11-14,25H,9-10H2,1-2H3,(H,26,27)/t14-/m1/s1. The predicted molar refractivity (Wildman–Crippen MR) is 119 cm³/mol. The average Bonchev–Trinajstić information content (AvgIpc) is 3.15. The van der Waals surface area contributed by atoms with Crippen molar-refractivity contribution in [3.05, 3.63) is 54.6 Å². The molecule has 5 rings (SSSR count). The lowest BCUT2D eigenvalue weighted by Crippen LogP contribution is -2.32. The third-order valence-corrected chi connectivity index (χ3v) is 5.28. The van der Waals surface area contributed by atoms with Crippen LogP contribution in [-0.4, -0.2) is 32.3 Å². The summed E-state index contributed by atoms with van der Waals surface area (Å²) < 4.78 is 22.6. The molecule has 7 nitrogen and oxygen atoms in total. The number of hydrogen-bond donors (Lipinski definition) is 2. The molecule has 0 aliphatic carbocycles. The van der Waals surface area contributed by atoms with Crippen molar-refractivity contribution in [2.75, 3.05) is 31.0 Å². The molecule has 4 aromatic rings. The number of fused-ring (bicyclic) bond motifs is 4. The minimum atomic E-state index is -0.501. The Bertz CT molecular complexity index is 1280. The summed E-state index contributed by atoms with van der Waals surface area (Å²) in [6.45, 7) is 2.84. The van der Waals surface area contributed by atoms with Crippen LogP contribution in [0.4, 0.5) is 11.4 Å². The van der Waals surface area contributed by atoms with Crippen molar-refractivity contribution in [1.29, 1.82) is 0 Å². The smallest absolute Gasteiger partial charge is 0.246 e. The zero-order valence-electron chi connectivity index (χ0n) is 17.2. The van der Waals surface area contributed by atoms with Gasteiger partial charge in [-0.25, -0.2) is 0 Å². The number of para-hydroxylation sites is 1. The van der Waals surface area contributed by atoms with E-state index in [0.29, 0.717) is 41.7 Å². The molecule has 0 spiro atoms. The zero-order chi connectivity index (χ0) is 21.4. The van der Waals surface area contributed by atoms with Gasteiger partial charge in [0.25, 0.3) is 0 Å². The Morgan fingerprint density at radius 3 is 2.61 bits per heavy atom. The molecule has 7 heteroatoms. The summed E-state index contributed by atoms with van der Waals surface area (Å²) in [6, 6.07) is 16.5. The number of ether oxygens (including phenoxy) is 3. The molecular formula is C24H22N2O5. The number of anilines is 2. The van der Waals surface area contributed by atoms with Crippen LogP contribution in [0.1, 0.15) is 6.92 Å². The highest BCUT2D eigenvalue weighted by Crippen LogP contribution is 2.36. The Hall–Kier alpha value is -3.87. The molecule has 2 heterocycles. The van der Waals surface area contributed by atoms with E-state index in [4.69, 9.17) is 18.6 Å². The largest absolute Gasteiger partial charge is 0.495 e. The number of rotatable bonds is 5. The first-order valence-electron chi connectivity index (χ1n) is 10.1. The number of carbonyl (C=O) groups excluding carboxylic acids is 1. The predicted octanol–water partition coefficient (Wildman–Crippen LogP) is 4.80. The number of nitrogens with one attached hydrogen (secondary N) is 2. The van der Waals surface area contributed by atoms with Gasteiger partial charge in [0.15, 0.2) is 11.5 Å². The number of hydrogen-bond acceptors (Lipinski definition) is 6. The van der Waals surface area contributed by atoms with Crippen molar-refractivity contribution in [2.24, 2.45) is 0 Å². The van der Waals surface area contributed by atoms with Gasteiger partial charge in [-0.1, -0.05) is 18.2 Å². The second-order valence-electron chi connectivity index (χ2n) is 7.36. The molecular weight excluding hydrogens is 396 g/mol. The fraction of sp³-hybridized carbons (Fsp3) is 0.208. The second-order valence-corrected chi connectivity index (χ2v) is 7.36. The number of furan rings is 1. The third kappa shape index (κ3) is 3.59. The van der Waals surface area contributed by atoms with Gasteiger partial charge in [0, 0.05) is 28.6 Å². The molecule has 1 aliphatic rings. The van der Waals surface area contributed by atoms with Crippen molar-refractivity contribution in [2.45, 2.75) is 13.0 Å². The molecule has 0 saturated carbocycles. The first-order chi connectivity index (χ1) is 15.1. The van der Waals surface area contributed by atoms with Crippen molar-refractivity contribution >= 4 is 39.2 Å². The number of carbonyl (C=O) groups is 1. The van der Waals surface area contributed by atoms with E-state index < -0.39 is 6.04 Å². The highest BCUT2D eigenvalue weighted by atomic mass is 16.6. The van der Waals surface area contributed by atoms with E-state index in [1.165, 1.54) is 0 Å². The van der Waals surface area contributed by atoms with Crippen LogP contribution < -0.4 is 24.8 Å². The molecule has 0 unspecified atom stereocenters. The van der Waals surface area contributed by atoms with Gasteiger partial charge < -0.3 is 29.3 Å².